The molecular formula is C19H18Br2N4OS. The molecule has 2 N–H and O–H groups in total. The summed E-state index contributed by atoms with van der Waals surface area (Å²) in [6.07, 6.45) is 1.54. The van der Waals surface area contributed by atoms with Crippen molar-refractivity contribution in [1.82, 2.24) is 14.9 Å². The number of aromatic hydroxyl groups is 1. The topological polar surface area (TPSA) is 66.2 Å². The van der Waals surface area contributed by atoms with Gasteiger partial charge in [-0.1, -0.05) is 61.0 Å². The highest BCUT2D eigenvalue weighted by Gasteiger charge is 2.15. The molecule has 27 heavy (non-hydrogen) atoms. The fourth-order valence-corrected chi connectivity index (χ4v) is 3.95. The van der Waals surface area contributed by atoms with E-state index in [1.807, 2.05) is 12.1 Å². The Morgan fingerprint density at radius 1 is 1.19 bits per heavy atom. The van der Waals surface area contributed by atoms with Gasteiger partial charge < -0.3 is 5.11 Å². The van der Waals surface area contributed by atoms with E-state index in [2.05, 4.69) is 80.1 Å². The molecule has 0 saturated carbocycles. The number of nitrogens with one attached hydrogen (secondary N) is 1. The lowest BCUT2D eigenvalue weighted by Gasteiger charge is -2.18. The first-order valence-corrected chi connectivity index (χ1v) is 10.2. The second kappa shape index (κ2) is 7.69. The maximum atomic E-state index is 10.2. The molecule has 0 aliphatic heterocycles. The number of hydrogen-bond donors (Lipinski definition) is 2. The summed E-state index contributed by atoms with van der Waals surface area (Å²) in [5.74, 6) is 0.707. The molecule has 3 rings (SSSR count). The van der Waals surface area contributed by atoms with E-state index in [0.717, 1.165) is 10.0 Å². The van der Waals surface area contributed by atoms with Crippen LogP contribution in [0.25, 0.3) is 11.4 Å². The van der Waals surface area contributed by atoms with E-state index in [-0.39, 0.29) is 11.2 Å². The van der Waals surface area contributed by atoms with Crippen LogP contribution in [0.3, 0.4) is 0 Å². The average molecular weight is 510 g/mol. The summed E-state index contributed by atoms with van der Waals surface area (Å²) in [7, 11) is 0. The largest absolute Gasteiger partial charge is 0.506 e. The van der Waals surface area contributed by atoms with Gasteiger partial charge in [-0.25, -0.2) is 5.10 Å². The van der Waals surface area contributed by atoms with E-state index in [1.54, 1.807) is 18.3 Å². The zero-order valence-corrected chi connectivity index (χ0v) is 19.0. The lowest BCUT2D eigenvalue weighted by atomic mass is 9.87. The number of hydrogen-bond acceptors (Lipinski definition) is 4. The summed E-state index contributed by atoms with van der Waals surface area (Å²) in [6, 6.07) is 11.7. The van der Waals surface area contributed by atoms with E-state index < -0.39 is 0 Å². The highest BCUT2D eigenvalue weighted by atomic mass is 79.9. The van der Waals surface area contributed by atoms with E-state index >= 15 is 0 Å². The van der Waals surface area contributed by atoms with Crippen molar-refractivity contribution in [3.63, 3.8) is 0 Å². The maximum Gasteiger partial charge on any atom is 0.216 e. The van der Waals surface area contributed by atoms with Gasteiger partial charge in [0.2, 0.25) is 4.77 Å². The number of aromatic nitrogens is 3. The molecule has 1 heterocycles. The number of aromatic amines is 1. The van der Waals surface area contributed by atoms with Crippen LogP contribution in [0.4, 0.5) is 0 Å². The van der Waals surface area contributed by atoms with Crippen molar-refractivity contribution >= 4 is 50.3 Å². The molecule has 0 aliphatic carbocycles. The standard InChI is InChI=1S/C19H18Br2N4OS/c1-19(2,3)13-6-4-11(5-7-13)17-23-24-18(27)25(17)22-10-12-8-14(20)9-15(21)16(12)26/h4-10,26H,1-3H3,(H,24,27)/b22-10+. The molecule has 3 aromatic rings. The van der Waals surface area contributed by atoms with Gasteiger partial charge in [-0.15, -0.1) is 0 Å². The predicted molar refractivity (Wildman–Crippen MR) is 118 cm³/mol. The maximum absolute atomic E-state index is 10.2. The minimum absolute atomic E-state index is 0.0764. The molecule has 0 unspecified atom stereocenters. The molecule has 0 spiro atoms. The SMILES string of the molecule is CC(C)(C)c1ccc(-c2n[nH]c(=S)n2/N=C/c2cc(Br)cc(Br)c2O)cc1. The first kappa shape index (κ1) is 20.0. The van der Waals surface area contributed by atoms with E-state index in [0.29, 0.717) is 20.6 Å². The predicted octanol–water partition coefficient (Wildman–Crippen LogP) is 6.02. The highest BCUT2D eigenvalue weighted by Crippen LogP contribution is 2.31. The second-order valence-electron chi connectivity index (χ2n) is 7.06. The van der Waals surface area contributed by atoms with Crippen LogP contribution in [-0.2, 0) is 5.41 Å². The van der Waals surface area contributed by atoms with Gasteiger partial charge in [0.15, 0.2) is 5.82 Å². The molecule has 140 valence electrons. The van der Waals surface area contributed by atoms with E-state index in [1.165, 1.54) is 10.2 Å². The third-order valence-electron chi connectivity index (χ3n) is 4.03. The minimum Gasteiger partial charge on any atom is -0.506 e. The van der Waals surface area contributed by atoms with Gasteiger partial charge in [0.05, 0.1) is 10.7 Å². The van der Waals surface area contributed by atoms with Gasteiger partial charge >= 0.3 is 0 Å². The first-order valence-electron chi connectivity index (χ1n) is 8.17. The summed E-state index contributed by atoms with van der Waals surface area (Å²) >= 11 is 12.0. The van der Waals surface area contributed by atoms with Crippen LogP contribution in [0.5, 0.6) is 5.75 Å². The van der Waals surface area contributed by atoms with Crippen molar-refractivity contribution in [3.05, 3.63) is 61.2 Å². The van der Waals surface area contributed by atoms with Crippen molar-refractivity contribution in [2.24, 2.45) is 5.10 Å². The Balaban J connectivity index is 2.00. The summed E-state index contributed by atoms with van der Waals surface area (Å²) in [6.45, 7) is 6.51. The molecular weight excluding hydrogens is 492 g/mol. The molecule has 0 atom stereocenters. The normalized spacial score (nSPS) is 12.0. The lowest BCUT2D eigenvalue weighted by molar-refractivity contribution is 0.471. The fourth-order valence-electron chi connectivity index (χ4n) is 2.51. The Bertz CT molecular complexity index is 1060. The van der Waals surface area contributed by atoms with Crippen molar-refractivity contribution < 1.29 is 5.11 Å². The summed E-state index contributed by atoms with van der Waals surface area (Å²) in [5.41, 5.74) is 2.76. The number of benzene rings is 2. The molecule has 0 amide bonds. The van der Waals surface area contributed by atoms with Crippen molar-refractivity contribution in [2.75, 3.05) is 0 Å². The van der Waals surface area contributed by atoms with Crippen LogP contribution in [-0.4, -0.2) is 26.2 Å². The number of phenols is 1. The van der Waals surface area contributed by atoms with Crippen molar-refractivity contribution in [1.29, 1.82) is 0 Å². The third kappa shape index (κ3) is 4.39. The lowest BCUT2D eigenvalue weighted by Crippen LogP contribution is -2.10. The van der Waals surface area contributed by atoms with E-state index in [4.69, 9.17) is 12.2 Å². The molecule has 1 aromatic heterocycles. The highest BCUT2D eigenvalue weighted by molar-refractivity contribution is 9.11. The van der Waals surface area contributed by atoms with Gasteiger partial charge in [0, 0.05) is 15.6 Å². The Hall–Kier alpha value is -1.77. The van der Waals surface area contributed by atoms with Crippen LogP contribution >= 0.6 is 44.1 Å². The number of halogens is 2. The van der Waals surface area contributed by atoms with Gasteiger partial charge in [0.25, 0.3) is 0 Å². The smallest absolute Gasteiger partial charge is 0.216 e. The molecule has 0 radical (unpaired) electrons. The van der Waals surface area contributed by atoms with Gasteiger partial charge in [0.1, 0.15) is 5.75 Å². The fraction of sp³-hybridized carbons (Fsp3) is 0.211. The Morgan fingerprint density at radius 3 is 2.48 bits per heavy atom. The number of rotatable bonds is 3. The van der Waals surface area contributed by atoms with Crippen molar-refractivity contribution in [2.45, 2.75) is 26.2 Å². The number of H-pyrrole nitrogens is 1. The van der Waals surface area contributed by atoms with Crippen LogP contribution in [0, 0.1) is 4.77 Å². The van der Waals surface area contributed by atoms with E-state index in [9.17, 15) is 5.11 Å². The Labute approximate surface area is 179 Å². The van der Waals surface area contributed by atoms with Gasteiger partial charge in [-0.05, 0) is 51.3 Å². The van der Waals surface area contributed by atoms with Crippen LogP contribution in [0.15, 0.2) is 50.4 Å². The molecule has 0 bridgehead atoms. The van der Waals surface area contributed by atoms with Crippen LogP contribution < -0.4 is 0 Å². The molecule has 0 saturated heterocycles. The summed E-state index contributed by atoms with van der Waals surface area (Å²) in [5, 5.41) is 21.7. The molecule has 0 aliphatic rings. The number of phenolic OH excluding ortho intramolecular Hbond substituents is 1. The summed E-state index contributed by atoms with van der Waals surface area (Å²) < 4.78 is 3.31. The quantitative estimate of drug-likeness (QED) is 0.335. The van der Waals surface area contributed by atoms with Gasteiger partial charge in [-0.2, -0.15) is 14.9 Å². The van der Waals surface area contributed by atoms with Gasteiger partial charge in [-0.3, -0.25) is 0 Å². The van der Waals surface area contributed by atoms with Crippen LogP contribution in [0.2, 0.25) is 0 Å². The zero-order chi connectivity index (χ0) is 19.8. The third-order valence-corrected chi connectivity index (χ3v) is 5.36. The monoisotopic (exact) mass is 508 g/mol. The van der Waals surface area contributed by atoms with Crippen LogP contribution in [0.1, 0.15) is 31.9 Å². The minimum atomic E-state index is 0.0764. The zero-order valence-electron chi connectivity index (χ0n) is 15.0. The Morgan fingerprint density at radius 2 is 1.85 bits per heavy atom. The average Bonchev–Trinajstić information content (AvgIpc) is 2.97. The van der Waals surface area contributed by atoms with Crippen molar-refractivity contribution in [3.8, 4) is 17.1 Å². The second-order valence-corrected chi connectivity index (χ2v) is 9.22. The molecule has 5 nitrogen and oxygen atoms in total. The number of nitrogens with zero attached hydrogens (tertiary/aromatic N) is 3. The summed E-state index contributed by atoms with van der Waals surface area (Å²) in [4.78, 5) is 0. The Kier molecular flexibility index (Phi) is 5.69. The molecule has 0 fully saturated rings. The molecule has 8 heteroatoms. The first-order chi connectivity index (χ1) is 12.7. The molecule has 2 aromatic carbocycles.